The molecule has 0 spiro atoms. The molecule has 1 amide bonds. The lowest BCUT2D eigenvalue weighted by Crippen LogP contribution is -2.28. The van der Waals surface area contributed by atoms with Crippen LogP contribution in [-0.4, -0.2) is 5.91 Å². The normalized spacial score (nSPS) is 12.0. The number of hydrogen-bond donors (Lipinski definition) is 1. The number of rotatable bonds is 4. The molecule has 0 heterocycles. The molecule has 0 aliphatic carbocycles. The van der Waals surface area contributed by atoms with E-state index in [1.165, 1.54) is 12.1 Å². The molecule has 0 saturated heterocycles. The van der Waals surface area contributed by atoms with E-state index in [2.05, 4.69) is 21.2 Å². The van der Waals surface area contributed by atoms with E-state index in [4.69, 9.17) is 11.6 Å². The maximum atomic E-state index is 13.5. The Morgan fingerprint density at radius 1 is 1.29 bits per heavy atom. The highest BCUT2D eigenvalue weighted by Gasteiger charge is 2.15. The highest BCUT2D eigenvalue weighted by Crippen LogP contribution is 2.21. The van der Waals surface area contributed by atoms with Crippen molar-refractivity contribution in [2.24, 2.45) is 0 Å². The molecule has 2 nitrogen and oxygen atoms in total. The van der Waals surface area contributed by atoms with E-state index in [1.807, 2.05) is 19.1 Å². The fourth-order valence-corrected chi connectivity index (χ4v) is 2.37. The predicted molar refractivity (Wildman–Crippen MR) is 86.1 cm³/mol. The van der Waals surface area contributed by atoms with Crippen molar-refractivity contribution in [3.63, 3.8) is 0 Å². The minimum Gasteiger partial charge on any atom is -0.345 e. The molecular weight excluding hydrogens is 357 g/mol. The molecule has 1 N–H and O–H groups in total. The van der Waals surface area contributed by atoms with Gasteiger partial charge in [-0.15, -0.1) is 0 Å². The summed E-state index contributed by atoms with van der Waals surface area (Å²) in [7, 11) is 0. The summed E-state index contributed by atoms with van der Waals surface area (Å²) in [5, 5.41) is 3.55. The van der Waals surface area contributed by atoms with Crippen molar-refractivity contribution in [2.75, 3.05) is 0 Å². The maximum absolute atomic E-state index is 13.5. The largest absolute Gasteiger partial charge is 0.345 e. The first-order chi connectivity index (χ1) is 10.0. The Morgan fingerprint density at radius 3 is 2.52 bits per heavy atom. The highest BCUT2D eigenvalue weighted by atomic mass is 79.9. The van der Waals surface area contributed by atoms with Crippen LogP contribution in [0.25, 0.3) is 0 Å². The topological polar surface area (TPSA) is 29.1 Å². The number of carbonyl (C=O) groups is 1. The second kappa shape index (κ2) is 7.05. The van der Waals surface area contributed by atoms with Gasteiger partial charge in [-0.2, -0.15) is 0 Å². The lowest BCUT2D eigenvalue weighted by molar-refractivity contribution is 0.0935. The number of benzene rings is 2. The van der Waals surface area contributed by atoms with Gasteiger partial charge < -0.3 is 5.32 Å². The van der Waals surface area contributed by atoms with E-state index in [1.54, 1.807) is 18.2 Å². The molecule has 2 rings (SSSR count). The third kappa shape index (κ3) is 4.05. The van der Waals surface area contributed by atoms with Crippen LogP contribution in [0.5, 0.6) is 0 Å². The second-order valence-corrected chi connectivity index (χ2v) is 5.91. The fourth-order valence-electron chi connectivity index (χ4n) is 2.00. The number of amides is 1. The van der Waals surface area contributed by atoms with Crippen LogP contribution in [0, 0.1) is 5.82 Å². The zero-order valence-electron chi connectivity index (χ0n) is 11.4. The summed E-state index contributed by atoms with van der Waals surface area (Å²) >= 11 is 8.93. The number of halogens is 3. The average molecular weight is 371 g/mol. The molecule has 2 aromatic rings. The van der Waals surface area contributed by atoms with Crippen molar-refractivity contribution in [2.45, 2.75) is 19.4 Å². The predicted octanol–water partition coefficient (Wildman–Crippen LogP) is 5.12. The number of carbonyl (C=O) groups excluding carboxylic acids is 1. The van der Waals surface area contributed by atoms with Crippen molar-refractivity contribution >= 4 is 33.4 Å². The Labute approximate surface area is 136 Å². The zero-order valence-corrected chi connectivity index (χ0v) is 13.7. The van der Waals surface area contributed by atoms with Gasteiger partial charge in [-0.1, -0.05) is 30.7 Å². The first-order valence-electron chi connectivity index (χ1n) is 6.52. The van der Waals surface area contributed by atoms with Crippen LogP contribution in [0.2, 0.25) is 5.02 Å². The Hall–Kier alpha value is -1.39. The van der Waals surface area contributed by atoms with E-state index in [0.717, 1.165) is 12.0 Å². The third-order valence-electron chi connectivity index (χ3n) is 3.17. The van der Waals surface area contributed by atoms with Crippen molar-refractivity contribution in [1.82, 2.24) is 5.32 Å². The Bertz CT molecular complexity index is 645. The van der Waals surface area contributed by atoms with Crippen molar-refractivity contribution < 1.29 is 9.18 Å². The molecule has 0 aromatic heterocycles. The highest BCUT2D eigenvalue weighted by molar-refractivity contribution is 9.10. The number of nitrogens with one attached hydrogen (secondary N) is 1. The quantitative estimate of drug-likeness (QED) is 0.795. The van der Waals surface area contributed by atoms with Gasteiger partial charge >= 0.3 is 0 Å². The van der Waals surface area contributed by atoms with E-state index < -0.39 is 5.82 Å². The minimum atomic E-state index is -0.456. The van der Waals surface area contributed by atoms with Gasteiger partial charge in [0.15, 0.2) is 0 Å². The van der Waals surface area contributed by atoms with Crippen LogP contribution in [0.15, 0.2) is 46.9 Å². The lowest BCUT2D eigenvalue weighted by atomic mass is 10.0. The van der Waals surface area contributed by atoms with E-state index >= 15 is 0 Å². The van der Waals surface area contributed by atoms with Crippen LogP contribution in [0.4, 0.5) is 4.39 Å². The van der Waals surface area contributed by atoms with Gasteiger partial charge in [-0.25, -0.2) is 4.39 Å². The molecule has 0 radical (unpaired) electrons. The molecular formula is C16H14BrClFNO. The Kier molecular flexibility index (Phi) is 5.37. The fraction of sp³-hybridized carbons (Fsp3) is 0.188. The summed E-state index contributed by atoms with van der Waals surface area (Å²) in [5.41, 5.74) is 1.26. The summed E-state index contributed by atoms with van der Waals surface area (Å²) in [5.74, 6) is -0.759. The molecule has 0 aliphatic heterocycles. The smallest absolute Gasteiger partial charge is 0.251 e. The van der Waals surface area contributed by atoms with E-state index in [-0.39, 0.29) is 11.9 Å². The van der Waals surface area contributed by atoms with Crippen molar-refractivity contribution in [1.29, 1.82) is 0 Å². The Balaban J connectivity index is 2.15. The molecule has 0 aliphatic rings. The van der Waals surface area contributed by atoms with E-state index in [9.17, 15) is 9.18 Å². The van der Waals surface area contributed by atoms with Crippen LogP contribution < -0.4 is 5.32 Å². The van der Waals surface area contributed by atoms with Gasteiger partial charge in [-0.3, -0.25) is 4.79 Å². The van der Waals surface area contributed by atoms with Gasteiger partial charge in [0.1, 0.15) is 5.82 Å². The van der Waals surface area contributed by atoms with Crippen LogP contribution in [-0.2, 0) is 0 Å². The molecule has 0 saturated carbocycles. The van der Waals surface area contributed by atoms with Crippen LogP contribution in [0.1, 0.15) is 35.3 Å². The van der Waals surface area contributed by atoms with Crippen LogP contribution >= 0.6 is 27.5 Å². The van der Waals surface area contributed by atoms with Crippen molar-refractivity contribution in [3.05, 3.63) is 68.9 Å². The van der Waals surface area contributed by atoms with Gasteiger partial charge in [0.2, 0.25) is 0 Å². The zero-order chi connectivity index (χ0) is 15.4. The number of hydrogen-bond acceptors (Lipinski definition) is 1. The van der Waals surface area contributed by atoms with Gasteiger partial charge in [0.05, 0.1) is 10.5 Å². The first kappa shape index (κ1) is 16.0. The molecule has 21 heavy (non-hydrogen) atoms. The average Bonchev–Trinajstić information content (AvgIpc) is 2.48. The summed E-state index contributed by atoms with van der Waals surface area (Å²) in [6, 6.07) is 11.5. The maximum Gasteiger partial charge on any atom is 0.251 e. The summed E-state index contributed by atoms with van der Waals surface area (Å²) in [4.78, 5) is 12.2. The molecule has 5 heteroatoms. The standard InChI is InChI=1S/C16H14BrClFNO/c1-2-15(10-3-6-12(18)7-4-10)20-16(21)11-5-8-13(17)14(19)9-11/h3-9,15H,2H2,1H3,(H,20,21). The molecule has 1 atom stereocenters. The SMILES string of the molecule is CCC(NC(=O)c1ccc(Br)c(F)c1)c1ccc(Cl)cc1. The summed E-state index contributed by atoms with van der Waals surface area (Å²) < 4.78 is 13.8. The van der Waals surface area contributed by atoms with Gasteiger partial charge in [0.25, 0.3) is 5.91 Å². The monoisotopic (exact) mass is 369 g/mol. The van der Waals surface area contributed by atoms with E-state index in [0.29, 0.717) is 15.1 Å². The molecule has 110 valence electrons. The third-order valence-corrected chi connectivity index (χ3v) is 4.06. The van der Waals surface area contributed by atoms with Crippen LogP contribution in [0.3, 0.4) is 0 Å². The summed E-state index contributed by atoms with van der Waals surface area (Å²) in [6.07, 6.45) is 0.729. The van der Waals surface area contributed by atoms with Gasteiger partial charge in [-0.05, 0) is 58.2 Å². The second-order valence-electron chi connectivity index (χ2n) is 4.61. The molecule has 2 aromatic carbocycles. The lowest BCUT2D eigenvalue weighted by Gasteiger charge is -2.17. The van der Waals surface area contributed by atoms with Gasteiger partial charge in [0, 0.05) is 10.6 Å². The molecule has 0 bridgehead atoms. The van der Waals surface area contributed by atoms with Crippen molar-refractivity contribution in [3.8, 4) is 0 Å². The first-order valence-corrected chi connectivity index (χ1v) is 7.69. The summed E-state index contributed by atoms with van der Waals surface area (Å²) in [6.45, 7) is 1.97. The molecule has 1 unspecified atom stereocenters. The minimum absolute atomic E-state index is 0.138. The Morgan fingerprint density at radius 2 is 1.95 bits per heavy atom. The molecule has 0 fully saturated rings.